The van der Waals surface area contributed by atoms with E-state index in [1.165, 1.54) is 29.5 Å². The summed E-state index contributed by atoms with van der Waals surface area (Å²) >= 11 is 1.20. The highest BCUT2D eigenvalue weighted by atomic mass is 32.1. The van der Waals surface area contributed by atoms with Gasteiger partial charge in [-0.05, 0) is 18.2 Å². The number of benzene rings is 1. The van der Waals surface area contributed by atoms with Gasteiger partial charge in [-0.3, -0.25) is 0 Å². The quantitative estimate of drug-likeness (QED) is 0.801. The van der Waals surface area contributed by atoms with E-state index in [9.17, 15) is 13.2 Å². The fraction of sp³-hybridized carbons (Fsp3) is 0.214. The third-order valence-corrected chi connectivity index (χ3v) is 3.52. The molecule has 0 amide bonds. The van der Waals surface area contributed by atoms with E-state index in [0.717, 1.165) is 0 Å². The molecule has 0 N–H and O–H groups in total. The first-order valence-electron chi connectivity index (χ1n) is 5.71. The molecule has 21 heavy (non-hydrogen) atoms. The third kappa shape index (κ3) is 3.59. The van der Waals surface area contributed by atoms with Crippen LogP contribution in [0.25, 0.3) is 10.2 Å². The van der Waals surface area contributed by atoms with Crippen LogP contribution in [0.4, 0.5) is 13.2 Å². The van der Waals surface area contributed by atoms with Crippen LogP contribution in [0.5, 0.6) is 5.75 Å². The van der Waals surface area contributed by atoms with Crippen molar-refractivity contribution in [2.75, 3.05) is 6.54 Å². The molecule has 0 saturated carbocycles. The maximum absolute atomic E-state index is 12.2. The largest absolute Gasteiger partial charge is 0.573 e. The molecule has 1 heterocycles. The van der Waals surface area contributed by atoms with Crippen molar-refractivity contribution in [1.29, 1.82) is 0 Å². The Labute approximate surface area is 122 Å². The predicted molar refractivity (Wildman–Crippen MR) is 74.6 cm³/mol. The summed E-state index contributed by atoms with van der Waals surface area (Å²) in [6.07, 6.45) is 5.73. The van der Waals surface area contributed by atoms with Gasteiger partial charge in [0.05, 0.1) is 16.8 Å². The third-order valence-electron chi connectivity index (χ3n) is 2.44. The molecule has 0 radical (unpaired) electrons. The molecule has 1 aromatic heterocycles. The Morgan fingerprint density at radius 3 is 2.67 bits per heavy atom. The minimum Gasteiger partial charge on any atom is -0.406 e. The van der Waals surface area contributed by atoms with Crippen LogP contribution < -0.4 is 9.54 Å². The summed E-state index contributed by atoms with van der Waals surface area (Å²) in [5.74, 6) is 4.57. The van der Waals surface area contributed by atoms with Crippen molar-refractivity contribution in [3.05, 3.63) is 23.0 Å². The van der Waals surface area contributed by atoms with Crippen molar-refractivity contribution in [2.24, 2.45) is 4.99 Å². The van der Waals surface area contributed by atoms with Gasteiger partial charge in [0.25, 0.3) is 0 Å². The summed E-state index contributed by atoms with van der Waals surface area (Å²) in [5.41, 5.74) is 0.684. The molecule has 0 unspecified atom stereocenters. The number of ether oxygens (including phenoxy) is 1. The molecule has 2 rings (SSSR count). The van der Waals surface area contributed by atoms with Gasteiger partial charge in [0.1, 0.15) is 12.3 Å². The van der Waals surface area contributed by atoms with Gasteiger partial charge in [-0.25, -0.2) is 4.99 Å². The zero-order chi connectivity index (χ0) is 15.5. The number of hydrogen-bond acceptors (Lipinski definition) is 3. The number of hydrogen-bond donors (Lipinski definition) is 0. The van der Waals surface area contributed by atoms with Crippen molar-refractivity contribution in [3.63, 3.8) is 0 Å². The van der Waals surface area contributed by atoms with Gasteiger partial charge in [0.15, 0.2) is 4.80 Å². The van der Waals surface area contributed by atoms with Crippen LogP contribution >= 0.6 is 11.3 Å². The smallest absolute Gasteiger partial charge is 0.406 e. The molecular weight excluding hydrogens is 301 g/mol. The van der Waals surface area contributed by atoms with E-state index in [0.29, 0.717) is 15.0 Å². The fourth-order valence-electron chi connectivity index (χ4n) is 1.73. The lowest BCUT2D eigenvalue weighted by molar-refractivity contribution is -0.274. The Kier molecular flexibility index (Phi) is 4.25. The molecule has 0 saturated heterocycles. The van der Waals surface area contributed by atoms with E-state index in [-0.39, 0.29) is 18.8 Å². The SMILES string of the molecule is C#CC/N=c1\sc2cc(OC(F)(F)F)ccc2n1CC#C. The number of terminal acetylenes is 2. The Morgan fingerprint density at radius 1 is 1.29 bits per heavy atom. The van der Waals surface area contributed by atoms with Crippen LogP contribution in [0.3, 0.4) is 0 Å². The lowest BCUT2D eigenvalue weighted by Crippen LogP contribution is -2.17. The minimum absolute atomic E-state index is 0.170. The molecule has 7 heteroatoms. The highest BCUT2D eigenvalue weighted by molar-refractivity contribution is 7.16. The van der Waals surface area contributed by atoms with E-state index in [1.54, 1.807) is 4.57 Å². The topological polar surface area (TPSA) is 26.5 Å². The van der Waals surface area contributed by atoms with E-state index in [1.807, 2.05) is 0 Å². The number of halogens is 3. The van der Waals surface area contributed by atoms with Crippen molar-refractivity contribution in [1.82, 2.24) is 4.57 Å². The minimum atomic E-state index is -4.73. The number of fused-ring (bicyclic) bond motifs is 1. The molecule has 1 aromatic carbocycles. The van der Waals surface area contributed by atoms with Crippen LogP contribution in [0.1, 0.15) is 0 Å². The molecule has 0 aliphatic carbocycles. The molecule has 3 nitrogen and oxygen atoms in total. The van der Waals surface area contributed by atoms with Gasteiger partial charge in [-0.2, -0.15) is 0 Å². The van der Waals surface area contributed by atoms with E-state index in [2.05, 4.69) is 21.6 Å². The summed E-state index contributed by atoms with van der Waals surface area (Å²) in [5, 5.41) is 0. The van der Waals surface area contributed by atoms with Gasteiger partial charge in [-0.15, -0.1) is 26.0 Å². The average molecular weight is 310 g/mol. The van der Waals surface area contributed by atoms with Crippen LogP contribution in [-0.4, -0.2) is 17.5 Å². The van der Waals surface area contributed by atoms with Gasteiger partial charge >= 0.3 is 6.36 Å². The van der Waals surface area contributed by atoms with E-state index in [4.69, 9.17) is 12.8 Å². The van der Waals surface area contributed by atoms with E-state index >= 15 is 0 Å². The second-order valence-electron chi connectivity index (χ2n) is 3.87. The number of aromatic nitrogens is 1. The summed E-state index contributed by atoms with van der Waals surface area (Å²) in [6.45, 7) is 0.423. The molecule has 0 aliphatic rings. The molecule has 0 spiro atoms. The first-order chi connectivity index (χ1) is 9.94. The van der Waals surface area contributed by atoms with Crippen molar-refractivity contribution in [2.45, 2.75) is 12.9 Å². The van der Waals surface area contributed by atoms with Crippen LogP contribution in [0, 0.1) is 24.7 Å². The number of rotatable bonds is 3. The van der Waals surface area contributed by atoms with Gasteiger partial charge in [0, 0.05) is 0 Å². The average Bonchev–Trinajstić information content (AvgIpc) is 2.72. The molecule has 0 fully saturated rings. The number of nitrogens with zero attached hydrogens (tertiary/aromatic N) is 2. The van der Waals surface area contributed by atoms with Gasteiger partial charge in [-0.1, -0.05) is 23.2 Å². The molecule has 0 atom stereocenters. The molecule has 0 aliphatic heterocycles. The van der Waals surface area contributed by atoms with Crippen molar-refractivity contribution >= 4 is 21.6 Å². The maximum Gasteiger partial charge on any atom is 0.573 e. The molecule has 2 aromatic rings. The predicted octanol–water partition coefficient (Wildman–Crippen LogP) is 2.77. The second kappa shape index (κ2) is 5.94. The zero-order valence-corrected chi connectivity index (χ0v) is 11.5. The summed E-state index contributed by atoms with van der Waals surface area (Å²) in [4.78, 5) is 4.73. The van der Waals surface area contributed by atoms with Crippen LogP contribution in [0.15, 0.2) is 23.2 Å². The Morgan fingerprint density at radius 2 is 2.05 bits per heavy atom. The number of thiazole rings is 1. The first kappa shape index (κ1) is 15.0. The van der Waals surface area contributed by atoms with E-state index < -0.39 is 6.36 Å². The zero-order valence-electron chi connectivity index (χ0n) is 10.6. The lowest BCUT2D eigenvalue weighted by atomic mass is 10.3. The molecular formula is C14H9F3N2OS. The van der Waals surface area contributed by atoms with Gasteiger partial charge < -0.3 is 9.30 Å². The molecule has 108 valence electrons. The second-order valence-corrected chi connectivity index (χ2v) is 4.88. The van der Waals surface area contributed by atoms with Crippen LogP contribution in [0.2, 0.25) is 0 Å². The Bertz CT molecular complexity index is 803. The maximum atomic E-state index is 12.2. The Balaban J connectivity index is 2.55. The molecule has 0 bridgehead atoms. The summed E-state index contributed by atoms with van der Waals surface area (Å²) in [6, 6.07) is 4.05. The van der Waals surface area contributed by atoms with Crippen molar-refractivity contribution < 1.29 is 17.9 Å². The summed E-state index contributed by atoms with van der Waals surface area (Å²) in [7, 11) is 0. The first-order valence-corrected chi connectivity index (χ1v) is 6.53. The monoisotopic (exact) mass is 310 g/mol. The van der Waals surface area contributed by atoms with Gasteiger partial charge in [0.2, 0.25) is 0 Å². The van der Waals surface area contributed by atoms with Crippen molar-refractivity contribution in [3.8, 4) is 30.4 Å². The summed E-state index contributed by atoms with van der Waals surface area (Å²) < 4.78 is 42.9. The Hall–Kier alpha value is -2.38. The number of alkyl halides is 3. The fourth-order valence-corrected chi connectivity index (χ4v) is 2.78. The highest BCUT2D eigenvalue weighted by Crippen LogP contribution is 2.27. The standard InChI is InChI=1S/C14H9F3N2OS/c1-3-7-18-13-19(8-4-2)11-6-5-10(9-12(11)21-13)20-14(15,16)17/h1-2,5-6,9H,7-8H2/b18-13-. The normalized spacial score (nSPS) is 12.1. The lowest BCUT2D eigenvalue weighted by Gasteiger charge is -2.08. The van der Waals surface area contributed by atoms with Crippen LogP contribution in [-0.2, 0) is 6.54 Å². The highest BCUT2D eigenvalue weighted by Gasteiger charge is 2.31.